The zero-order chi connectivity index (χ0) is 12.3. The van der Waals surface area contributed by atoms with Gasteiger partial charge in [0.2, 0.25) is 0 Å². The smallest absolute Gasteiger partial charge is 0.347 e. The molecule has 0 fully saturated rings. The zero-order valence-corrected chi connectivity index (χ0v) is 10.8. The third kappa shape index (κ3) is 2.74. The van der Waals surface area contributed by atoms with Crippen LogP contribution in [0.15, 0.2) is 45.9 Å². The highest BCUT2D eigenvalue weighted by Crippen LogP contribution is 2.22. The van der Waals surface area contributed by atoms with Crippen molar-refractivity contribution in [3.8, 4) is 5.75 Å². The van der Waals surface area contributed by atoms with E-state index < -0.39 is 0 Å². The van der Waals surface area contributed by atoms with Crippen LogP contribution in [0.1, 0.15) is 5.56 Å². The fourth-order valence-corrected chi connectivity index (χ4v) is 1.86. The van der Waals surface area contributed by atoms with Crippen LogP contribution in [0.3, 0.4) is 0 Å². The van der Waals surface area contributed by atoms with E-state index in [2.05, 4.69) is 20.9 Å². The molecule has 1 aromatic heterocycles. The van der Waals surface area contributed by atoms with Crippen molar-refractivity contribution in [1.82, 2.24) is 9.55 Å². The number of nitrogens with zero attached hydrogens (tertiary/aromatic N) is 2. The van der Waals surface area contributed by atoms with E-state index in [4.69, 9.17) is 4.74 Å². The SMILES string of the molecule is COc1ccc(Br)c(Cn2cccnc2=O)c1. The van der Waals surface area contributed by atoms with Gasteiger partial charge < -0.3 is 4.74 Å². The highest BCUT2D eigenvalue weighted by molar-refractivity contribution is 9.10. The first-order valence-electron chi connectivity index (χ1n) is 5.04. The molecule has 2 aromatic rings. The molecule has 0 atom stereocenters. The zero-order valence-electron chi connectivity index (χ0n) is 9.26. The van der Waals surface area contributed by atoms with Crippen LogP contribution in [-0.4, -0.2) is 16.7 Å². The Hall–Kier alpha value is -1.62. The number of halogens is 1. The van der Waals surface area contributed by atoms with E-state index in [1.807, 2.05) is 18.2 Å². The number of methoxy groups -OCH3 is 1. The van der Waals surface area contributed by atoms with Gasteiger partial charge in [-0.25, -0.2) is 9.78 Å². The van der Waals surface area contributed by atoms with Crippen molar-refractivity contribution in [1.29, 1.82) is 0 Å². The average Bonchev–Trinajstić information content (AvgIpc) is 2.35. The van der Waals surface area contributed by atoms with E-state index in [0.717, 1.165) is 15.8 Å². The molecule has 0 aliphatic heterocycles. The van der Waals surface area contributed by atoms with Crippen molar-refractivity contribution in [2.45, 2.75) is 6.54 Å². The first-order valence-corrected chi connectivity index (χ1v) is 5.84. The van der Waals surface area contributed by atoms with Crippen molar-refractivity contribution < 1.29 is 4.74 Å². The van der Waals surface area contributed by atoms with Gasteiger partial charge in [0, 0.05) is 16.9 Å². The molecule has 0 amide bonds. The summed E-state index contributed by atoms with van der Waals surface area (Å²) in [5.74, 6) is 0.764. The monoisotopic (exact) mass is 294 g/mol. The van der Waals surface area contributed by atoms with Gasteiger partial charge in [0.1, 0.15) is 5.75 Å². The van der Waals surface area contributed by atoms with E-state index in [1.165, 1.54) is 6.20 Å². The normalized spacial score (nSPS) is 10.2. The number of ether oxygens (including phenoxy) is 1. The molecule has 0 bridgehead atoms. The maximum absolute atomic E-state index is 11.5. The van der Waals surface area contributed by atoms with Crippen LogP contribution >= 0.6 is 15.9 Å². The Bertz CT molecular complexity index is 581. The number of hydrogen-bond acceptors (Lipinski definition) is 3. The van der Waals surface area contributed by atoms with E-state index in [-0.39, 0.29) is 5.69 Å². The maximum Gasteiger partial charge on any atom is 0.347 e. The molecule has 5 heteroatoms. The fourth-order valence-electron chi connectivity index (χ4n) is 1.49. The van der Waals surface area contributed by atoms with Crippen LogP contribution in [0.4, 0.5) is 0 Å². The summed E-state index contributed by atoms with van der Waals surface area (Å²) in [6.45, 7) is 0.463. The molecule has 0 spiro atoms. The van der Waals surface area contributed by atoms with E-state index in [0.29, 0.717) is 6.54 Å². The molecule has 0 saturated carbocycles. The lowest BCUT2D eigenvalue weighted by molar-refractivity contribution is 0.414. The van der Waals surface area contributed by atoms with Gasteiger partial charge in [-0.3, -0.25) is 4.57 Å². The van der Waals surface area contributed by atoms with Gasteiger partial charge in [0.25, 0.3) is 0 Å². The number of hydrogen-bond donors (Lipinski definition) is 0. The molecule has 4 nitrogen and oxygen atoms in total. The third-order valence-electron chi connectivity index (χ3n) is 2.38. The Kier molecular flexibility index (Phi) is 3.58. The fraction of sp³-hybridized carbons (Fsp3) is 0.167. The minimum atomic E-state index is -0.262. The van der Waals surface area contributed by atoms with E-state index in [9.17, 15) is 4.79 Å². The van der Waals surface area contributed by atoms with Crippen LogP contribution in [0.25, 0.3) is 0 Å². The van der Waals surface area contributed by atoms with Crippen LogP contribution < -0.4 is 10.4 Å². The predicted octanol–water partition coefficient (Wildman–Crippen LogP) is 2.06. The van der Waals surface area contributed by atoms with Crippen molar-refractivity contribution >= 4 is 15.9 Å². The Morgan fingerprint density at radius 1 is 1.47 bits per heavy atom. The number of aromatic nitrogens is 2. The molecule has 0 saturated heterocycles. The minimum Gasteiger partial charge on any atom is -0.497 e. The second-order valence-corrected chi connectivity index (χ2v) is 4.34. The number of rotatable bonds is 3. The molecule has 1 aromatic carbocycles. The van der Waals surface area contributed by atoms with Gasteiger partial charge in [-0.1, -0.05) is 15.9 Å². The van der Waals surface area contributed by atoms with Gasteiger partial charge >= 0.3 is 5.69 Å². The van der Waals surface area contributed by atoms with Crippen molar-refractivity contribution in [3.05, 3.63) is 57.2 Å². The highest BCUT2D eigenvalue weighted by atomic mass is 79.9. The maximum atomic E-state index is 11.5. The Morgan fingerprint density at radius 3 is 3.00 bits per heavy atom. The Labute approximate surface area is 107 Å². The van der Waals surface area contributed by atoms with Gasteiger partial charge in [-0.2, -0.15) is 0 Å². The van der Waals surface area contributed by atoms with E-state index in [1.54, 1.807) is 23.9 Å². The first kappa shape index (κ1) is 11.9. The minimum absolute atomic E-state index is 0.262. The summed E-state index contributed by atoms with van der Waals surface area (Å²) in [5.41, 5.74) is 0.710. The summed E-state index contributed by atoms with van der Waals surface area (Å²) in [7, 11) is 1.61. The van der Waals surface area contributed by atoms with Crippen LogP contribution in [0.2, 0.25) is 0 Å². The summed E-state index contributed by atoms with van der Waals surface area (Å²) in [4.78, 5) is 15.2. The summed E-state index contributed by atoms with van der Waals surface area (Å²) >= 11 is 3.45. The quantitative estimate of drug-likeness (QED) is 0.870. The lowest BCUT2D eigenvalue weighted by Gasteiger charge is -2.08. The van der Waals surface area contributed by atoms with Crippen LogP contribution in [0.5, 0.6) is 5.75 Å². The lowest BCUT2D eigenvalue weighted by atomic mass is 10.2. The topological polar surface area (TPSA) is 44.1 Å². The van der Waals surface area contributed by atoms with Crippen LogP contribution in [-0.2, 0) is 6.54 Å². The Balaban J connectivity index is 2.36. The lowest BCUT2D eigenvalue weighted by Crippen LogP contribution is -2.22. The summed E-state index contributed by atoms with van der Waals surface area (Å²) in [6, 6.07) is 7.38. The first-order chi connectivity index (χ1) is 8.20. The van der Waals surface area contributed by atoms with Gasteiger partial charge in [-0.15, -0.1) is 0 Å². The van der Waals surface area contributed by atoms with Gasteiger partial charge in [0.05, 0.1) is 13.7 Å². The molecular formula is C12H11BrN2O2. The molecule has 2 rings (SSSR count). The predicted molar refractivity (Wildman–Crippen MR) is 68.3 cm³/mol. The van der Waals surface area contributed by atoms with Gasteiger partial charge in [-0.05, 0) is 29.8 Å². The standard InChI is InChI=1S/C12H11BrN2O2/c1-17-10-3-4-11(13)9(7-10)8-15-6-2-5-14-12(15)16/h2-7H,8H2,1H3. The van der Waals surface area contributed by atoms with Crippen molar-refractivity contribution in [3.63, 3.8) is 0 Å². The molecule has 88 valence electrons. The molecule has 17 heavy (non-hydrogen) atoms. The average molecular weight is 295 g/mol. The largest absolute Gasteiger partial charge is 0.497 e. The third-order valence-corrected chi connectivity index (χ3v) is 3.15. The second kappa shape index (κ2) is 5.14. The summed E-state index contributed by atoms with van der Waals surface area (Å²) < 4.78 is 7.63. The van der Waals surface area contributed by atoms with Gasteiger partial charge in [0.15, 0.2) is 0 Å². The molecule has 0 unspecified atom stereocenters. The molecule has 0 aliphatic rings. The second-order valence-electron chi connectivity index (χ2n) is 3.49. The molecule has 0 radical (unpaired) electrons. The van der Waals surface area contributed by atoms with Crippen molar-refractivity contribution in [2.75, 3.05) is 7.11 Å². The molecule has 0 aliphatic carbocycles. The summed E-state index contributed by atoms with van der Waals surface area (Å²) in [5, 5.41) is 0. The number of benzene rings is 1. The molecule has 1 heterocycles. The Morgan fingerprint density at radius 2 is 2.29 bits per heavy atom. The van der Waals surface area contributed by atoms with Crippen LogP contribution in [0, 0.1) is 0 Å². The molecular weight excluding hydrogens is 284 g/mol. The van der Waals surface area contributed by atoms with E-state index >= 15 is 0 Å². The summed E-state index contributed by atoms with van der Waals surface area (Å²) in [6.07, 6.45) is 3.20. The molecule has 0 N–H and O–H groups in total. The highest BCUT2D eigenvalue weighted by Gasteiger charge is 2.04. The van der Waals surface area contributed by atoms with Crippen molar-refractivity contribution in [2.24, 2.45) is 0 Å².